The van der Waals surface area contributed by atoms with Crippen LogP contribution in [0.5, 0.6) is 0 Å². The van der Waals surface area contributed by atoms with Gasteiger partial charge >= 0.3 is 0 Å². The number of rotatable bonds is 3. The molecule has 1 nitrogen and oxygen atoms in total. The maximum absolute atomic E-state index is 13.1. The molecule has 0 bridgehead atoms. The Labute approximate surface area is 104 Å². The summed E-state index contributed by atoms with van der Waals surface area (Å²) in [6.07, 6.45) is -0.365. The van der Waals surface area contributed by atoms with Gasteiger partial charge in [0.05, 0.1) is 6.10 Å². The molecule has 1 N–H and O–H groups in total. The summed E-state index contributed by atoms with van der Waals surface area (Å²) >= 11 is 5.95. The van der Waals surface area contributed by atoms with Gasteiger partial charge in [-0.1, -0.05) is 41.9 Å². The van der Waals surface area contributed by atoms with E-state index in [4.69, 9.17) is 11.6 Å². The lowest BCUT2D eigenvalue weighted by Gasteiger charge is -2.12. The SMILES string of the molecule is OC(Cc1cc(F)ccc1Cl)c1ccccc1. The van der Waals surface area contributed by atoms with Crippen molar-refractivity contribution in [3.8, 4) is 0 Å². The van der Waals surface area contributed by atoms with Crippen LogP contribution in [-0.2, 0) is 6.42 Å². The molecule has 0 spiro atoms. The van der Waals surface area contributed by atoms with Crippen molar-refractivity contribution in [2.75, 3.05) is 0 Å². The van der Waals surface area contributed by atoms with E-state index in [2.05, 4.69) is 0 Å². The summed E-state index contributed by atoms with van der Waals surface area (Å²) in [4.78, 5) is 0. The van der Waals surface area contributed by atoms with E-state index in [0.29, 0.717) is 17.0 Å². The van der Waals surface area contributed by atoms with Crippen molar-refractivity contribution in [1.29, 1.82) is 0 Å². The molecule has 0 aromatic heterocycles. The van der Waals surface area contributed by atoms with Gasteiger partial charge in [-0.15, -0.1) is 0 Å². The van der Waals surface area contributed by atoms with Crippen molar-refractivity contribution in [1.82, 2.24) is 0 Å². The summed E-state index contributed by atoms with van der Waals surface area (Å²) in [5.74, 6) is -0.343. The lowest BCUT2D eigenvalue weighted by atomic mass is 10.0. The van der Waals surface area contributed by atoms with Gasteiger partial charge in [0.1, 0.15) is 5.82 Å². The van der Waals surface area contributed by atoms with Crippen LogP contribution in [0.4, 0.5) is 4.39 Å². The number of halogens is 2. The molecule has 0 aliphatic heterocycles. The normalized spacial score (nSPS) is 12.4. The summed E-state index contributed by atoms with van der Waals surface area (Å²) in [7, 11) is 0. The van der Waals surface area contributed by atoms with Crippen molar-refractivity contribution < 1.29 is 9.50 Å². The zero-order valence-corrected chi connectivity index (χ0v) is 9.86. The third-order valence-corrected chi connectivity index (χ3v) is 2.97. The van der Waals surface area contributed by atoms with E-state index in [9.17, 15) is 9.50 Å². The Kier molecular flexibility index (Phi) is 3.77. The predicted octanol–water partition coefficient (Wildman–Crippen LogP) is 3.76. The first-order valence-corrected chi connectivity index (χ1v) is 5.71. The molecule has 0 saturated carbocycles. The molecule has 2 rings (SSSR count). The van der Waals surface area contributed by atoms with Crippen molar-refractivity contribution >= 4 is 11.6 Å². The Morgan fingerprint density at radius 2 is 1.82 bits per heavy atom. The molecule has 0 aliphatic rings. The fourth-order valence-corrected chi connectivity index (χ4v) is 1.90. The number of hydrogen-bond donors (Lipinski definition) is 1. The van der Waals surface area contributed by atoms with Crippen LogP contribution < -0.4 is 0 Å². The number of hydrogen-bond acceptors (Lipinski definition) is 1. The smallest absolute Gasteiger partial charge is 0.123 e. The van der Waals surface area contributed by atoms with Crippen molar-refractivity contribution in [3.63, 3.8) is 0 Å². The van der Waals surface area contributed by atoms with Crippen LogP contribution in [0.15, 0.2) is 48.5 Å². The molecule has 2 aromatic carbocycles. The van der Waals surface area contributed by atoms with Gasteiger partial charge in [0.25, 0.3) is 0 Å². The molecule has 3 heteroatoms. The third-order valence-electron chi connectivity index (χ3n) is 2.61. The molecule has 0 saturated heterocycles. The minimum absolute atomic E-state index is 0.306. The van der Waals surface area contributed by atoms with Gasteiger partial charge in [-0.05, 0) is 29.3 Å². The molecule has 17 heavy (non-hydrogen) atoms. The van der Waals surface area contributed by atoms with E-state index in [1.807, 2.05) is 30.3 Å². The van der Waals surface area contributed by atoms with Gasteiger partial charge in [0.15, 0.2) is 0 Å². The highest BCUT2D eigenvalue weighted by atomic mass is 35.5. The number of benzene rings is 2. The molecule has 0 radical (unpaired) electrons. The molecule has 1 unspecified atom stereocenters. The van der Waals surface area contributed by atoms with E-state index >= 15 is 0 Å². The Morgan fingerprint density at radius 3 is 2.53 bits per heavy atom. The van der Waals surface area contributed by atoms with Gasteiger partial charge in [0.2, 0.25) is 0 Å². The standard InChI is InChI=1S/C14H12ClFO/c15-13-7-6-12(16)8-11(13)9-14(17)10-4-2-1-3-5-10/h1-8,14,17H,9H2. The van der Waals surface area contributed by atoms with Crippen LogP contribution in [0.2, 0.25) is 5.02 Å². The van der Waals surface area contributed by atoms with Gasteiger partial charge < -0.3 is 5.11 Å². The van der Waals surface area contributed by atoms with Gasteiger partial charge in [-0.3, -0.25) is 0 Å². The monoisotopic (exact) mass is 250 g/mol. The Hall–Kier alpha value is -1.38. The molecular weight excluding hydrogens is 239 g/mol. The highest BCUT2D eigenvalue weighted by molar-refractivity contribution is 6.31. The molecule has 2 aromatic rings. The predicted molar refractivity (Wildman–Crippen MR) is 66.5 cm³/mol. The number of aliphatic hydroxyl groups excluding tert-OH is 1. The van der Waals surface area contributed by atoms with Crippen molar-refractivity contribution in [3.05, 3.63) is 70.5 Å². The summed E-state index contributed by atoms with van der Waals surface area (Å²) in [6, 6.07) is 13.4. The molecule has 88 valence electrons. The second-order valence-corrected chi connectivity index (χ2v) is 4.27. The molecule has 1 atom stereocenters. The second-order valence-electron chi connectivity index (χ2n) is 3.87. The Bertz CT molecular complexity index is 499. The first-order valence-electron chi connectivity index (χ1n) is 5.34. The van der Waals surface area contributed by atoms with E-state index in [1.54, 1.807) is 0 Å². The van der Waals surface area contributed by atoms with Crippen molar-refractivity contribution in [2.24, 2.45) is 0 Å². The lowest BCUT2D eigenvalue weighted by Crippen LogP contribution is -2.02. The summed E-state index contributed by atoms with van der Waals surface area (Å²) < 4.78 is 13.1. The fraction of sp³-hybridized carbons (Fsp3) is 0.143. The first kappa shape index (κ1) is 12.1. The molecule has 0 amide bonds. The minimum atomic E-state index is -0.671. The lowest BCUT2D eigenvalue weighted by molar-refractivity contribution is 0.178. The molecule has 0 fully saturated rings. The van der Waals surface area contributed by atoms with E-state index in [0.717, 1.165) is 5.56 Å². The fourth-order valence-electron chi connectivity index (χ4n) is 1.70. The van der Waals surface area contributed by atoms with E-state index in [1.165, 1.54) is 18.2 Å². The van der Waals surface area contributed by atoms with Gasteiger partial charge in [0, 0.05) is 11.4 Å². The zero-order valence-electron chi connectivity index (χ0n) is 9.11. The van der Waals surface area contributed by atoms with E-state index < -0.39 is 6.10 Å². The first-order chi connectivity index (χ1) is 8.16. The van der Waals surface area contributed by atoms with Crippen LogP contribution in [0.3, 0.4) is 0 Å². The summed E-state index contributed by atoms with van der Waals surface area (Å²) in [5, 5.41) is 10.5. The maximum atomic E-state index is 13.1. The summed E-state index contributed by atoms with van der Waals surface area (Å²) in [5.41, 5.74) is 1.41. The van der Waals surface area contributed by atoms with Gasteiger partial charge in [-0.2, -0.15) is 0 Å². The average Bonchev–Trinajstić information content (AvgIpc) is 2.35. The highest BCUT2D eigenvalue weighted by Gasteiger charge is 2.11. The minimum Gasteiger partial charge on any atom is -0.388 e. The molecule has 0 aliphatic carbocycles. The second kappa shape index (κ2) is 5.30. The van der Waals surface area contributed by atoms with Crippen LogP contribution in [0, 0.1) is 5.82 Å². The number of aliphatic hydroxyl groups is 1. The van der Waals surface area contributed by atoms with Crippen LogP contribution in [0.25, 0.3) is 0 Å². The largest absolute Gasteiger partial charge is 0.388 e. The van der Waals surface area contributed by atoms with Crippen LogP contribution in [0.1, 0.15) is 17.2 Å². The molecule has 0 heterocycles. The van der Waals surface area contributed by atoms with Crippen LogP contribution >= 0.6 is 11.6 Å². The third kappa shape index (κ3) is 3.05. The topological polar surface area (TPSA) is 20.2 Å². The highest BCUT2D eigenvalue weighted by Crippen LogP contribution is 2.24. The Morgan fingerprint density at radius 1 is 1.12 bits per heavy atom. The quantitative estimate of drug-likeness (QED) is 0.880. The summed E-state index contributed by atoms with van der Waals surface area (Å²) in [6.45, 7) is 0. The zero-order chi connectivity index (χ0) is 12.3. The maximum Gasteiger partial charge on any atom is 0.123 e. The van der Waals surface area contributed by atoms with Gasteiger partial charge in [-0.25, -0.2) is 4.39 Å². The van der Waals surface area contributed by atoms with Crippen LogP contribution in [-0.4, -0.2) is 5.11 Å². The van der Waals surface area contributed by atoms with Crippen molar-refractivity contribution in [2.45, 2.75) is 12.5 Å². The molecular formula is C14H12ClFO. The average molecular weight is 251 g/mol. The Balaban J connectivity index is 2.18. The van der Waals surface area contributed by atoms with E-state index in [-0.39, 0.29) is 5.82 Å².